The van der Waals surface area contributed by atoms with Gasteiger partial charge in [0.1, 0.15) is 0 Å². The largest absolute Gasteiger partial charge is 0.312 e. The second-order valence-corrected chi connectivity index (χ2v) is 6.50. The number of hydrogen-bond donors (Lipinski definition) is 1. The monoisotopic (exact) mass is 217 g/mol. The number of nitrogens with one attached hydrogen (secondary N) is 1. The molecule has 0 saturated heterocycles. The average Bonchev–Trinajstić information content (AvgIpc) is 2.00. The van der Waals surface area contributed by atoms with Crippen molar-refractivity contribution in [2.45, 2.75) is 53.0 Å². The molecule has 86 valence electrons. The number of thioether (sulfide) groups is 1. The van der Waals surface area contributed by atoms with Gasteiger partial charge < -0.3 is 5.32 Å². The summed E-state index contributed by atoms with van der Waals surface area (Å²) in [6.07, 6.45) is 2.66. The van der Waals surface area contributed by atoms with Gasteiger partial charge in [0.25, 0.3) is 0 Å². The molecule has 0 rings (SSSR count). The van der Waals surface area contributed by atoms with Crippen LogP contribution in [0.3, 0.4) is 0 Å². The molecule has 0 saturated carbocycles. The first kappa shape index (κ1) is 14.3. The Bertz CT molecular complexity index is 127. The molecule has 0 atom stereocenters. The molecule has 0 aromatic heterocycles. The van der Waals surface area contributed by atoms with E-state index in [4.69, 9.17) is 0 Å². The van der Waals surface area contributed by atoms with Crippen molar-refractivity contribution in [3.63, 3.8) is 0 Å². The molecular weight excluding hydrogens is 190 g/mol. The van der Waals surface area contributed by atoms with Crippen LogP contribution in [-0.4, -0.2) is 23.6 Å². The Hall–Kier alpha value is 0.310. The van der Waals surface area contributed by atoms with Gasteiger partial charge in [-0.2, -0.15) is 11.8 Å². The molecule has 2 heteroatoms. The molecule has 14 heavy (non-hydrogen) atoms. The quantitative estimate of drug-likeness (QED) is 0.655. The average molecular weight is 217 g/mol. The van der Waals surface area contributed by atoms with E-state index in [9.17, 15) is 0 Å². The molecule has 0 aliphatic rings. The minimum atomic E-state index is 0.283. The molecule has 0 fully saturated rings. The standard InChI is InChI=1S/C12H27NS/c1-11(2)10-14-9-7-6-8-13-12(3,4)5/h11,13H,6-10H2,1-5H3. The Kier molecular flexibility index (Phi) is 7.75. The number of hydrogen-bond acceptors (Lipinski definition) is 2. The fraction of sp³-hybridized carbons (Fsp3) is 1.00. The first-order valence-electron chi connectivity index (χ1n) is 5.74. The van der Waals surface area contributed by atoms with Crippen molar-refractivity contribution in [1.82, 2.24) is 5.32 Å². The van der Waals surface area contributed by atoms with Crippen molar-refractivity contribution < 1.29 is 0 Å². The van der Waals surface area contributed by atoms with E-state index in [1.807, 2.05) is 0 Å². The highest BCUT2D eigenvalue weighted by Crippen LogP contribution is 2.09. The van der Waals surface area contributed by atoms with Crippen LogP contribution in [-0.2, 0) is 0 Å². The minimum Gasteiger partial charge on any atom is -0.312 e. The van der Waals surface area contributed by atoms with Crippen LogP contribution in [0.15, 0.2) is 0 Å². The Labute approximate surface area is 94.4 Å². The lowest BCUT2D eigenvalue weighted by atomic mass is 10.1. The lowest BCUT2D eigenvalue weighted by molar-refractivity contribution is 0.421. The van der Waals surface area contributed by atoms with Crippen molar-refractivity contribution in [3.05, 3.63) is 0 Å². The molecule has 0 spiro atoms. The highest BCUT2D eigenvalue weighted by atomic mass is 32.2. The van der Waals surface area contributed by atoms with E-state index in [-0.39, 0.29) is 5.54 Å². The van der Waals surface area contributed by atoms with Crippen molar-refractivity contribution in [3.8, 4) is 0 Å². The maximum atomic E-state index is 3.51. The van der Waals surface area contributed by atoms with Gasteiger partial charge in [-0.15, -0.1) is 0 Å². The van der Waals surface area contributed by atoms with E-state index in [2.05, 4.69) is 51.7 Å². The van der Waals surface area contributed by atoms with E-state index in [0.29, 0.717) is 0 Å². The van der Waals surface area contributed by atoms with Gasteiger partial charge in [-0.3, -0.25) is 0 Å². The molecule has 0 radical (unpaired) electrons. The summed E-state index contributed by atoms with van der Waals surface area (Å²) < 4.78 is 0. The fourth-order valence-corrected chi connectivity index (χ4v) is 2.16. The summed E-state index contributed by atoms with van der Waals surface area (Å²) in [5.41, 5.74) is 0.283. The van der Waals surface area contributed by atoms with Gasteiger partial charge in [-0.05, 0) is 57.6 Å². The molecule has 0 heterocycles. The number of rotatable bonds is 7. The smallest absolute Gasteiger partial charge is 0.00965 e. The fourth-order valence-electron chi connectivity index (χ4n) is 1.11. The van der Waals surface area contributed by atoms with E-state index in [0.717, 1.165) is 12.5 Å². The molecule has 1 N–H and O–H groups in total. The predicted molar refractivity (Wildman–Crippen MR) is 69.2 cm³/mol. The van der Waals surface area contributed by atoms with Crippen molar-refractivity contribution in [2.24, 2.45) is 5.92 Å². The third-order valence-electron chi connectivity index (χ3n) is 1.82. The Morgan fingerprint density at radius 2 is 1.79 bits per heavy atom. The first-order chi connectivity index (χ1) is 6.42. The maximum absolute atomic E-state index is 3.51. The van der Waals surface area contributed by atoms with Gasteiger partial charge >= 0.3 is 0 Å². The van der Waals surface area contributed by atoms with Crippen LogP contribution < -0.4 is 5.32 Å². The summed E-state index contributed by atoms with van der Waals surface area (Å²) in [5.74, 6) is 3.48. The van der Waals surface area contributed by atoms with E-state index >= 15 is 0 Å². The van der Waals surface area contributed by atoms with Crippen LogP contribution in [0.2, 0.25) is 0 Å². The molecular formula is C12H27NS. The molecule has 0 amide bonds. The van der Waals surface area contributed by atoms with Gasteiger partial charge in [0.15, 0.2) is 0 Å². The summed E-state index contributed by atoms with van der Waals surface area (Å²) in [6.45, 7) is 12.4. The zero-order valence-corrected chi connectivity index (χ0v) is 11.3. The third-order valence-corrected chi connectivity index (χ3v) is 3.30. The second kappa shape index (κ2) is 7.58. The Morgan fingerprint density at radius 3 is 2.29 bits per heavy atom. The summed E-state index contributed by atoms with van der Waals surface area (Å²) in [6, 6.07) is 0. The van der Waals surface area contributed by atoms with Gasteiger partial charge in [0.05, 0.1) is 0 Å². The van der Waals surface area contributed by atoms with Crippen LogP contribution in [0.4, 0.5) is 0 Å². The Balaban J connectivity index is 3.07. The van der Waals surface area contributed by atoms with E-state index in [1.165, 1.54) is 24.3 Å². The Morgan fingerprint density at radius 1 is 1.14 bits per heavy atom. The molecule has 0 bridgehead atoms. The minimum absolute atomic E-state index is 0.283. The summed E-state index contributed by atoms with van der Waals surface area (Å²) >= 11 is 2.09. The predicted octanol–water partition coefficient (Wildman–Crippen LogP) is 3.54. The van der Waals surface area contributed by atoms with Crippen LogP contribution in [0.25, 0.3) is 0 Å². The van der Waals surface area contributed by atoms with Crippen LogP contribution >= 0.6 is 11.8 Å². The number of unbranched alkanes of at least 4 members (excludes halogenated alkanes) is 1. The molecule has 0 aromatic carbocycles. The lowest BCUT2D eigenvalue weighted by Crippen LogP contribution is -2.36. The van der Waals surface area contributed by atoms with Crippen molar-refractivity contribution >= 4 is 11.8 Å². The van der Waals surface area contributed by atoms with Crippen LogP contribution in [0, 0.1) is 5.92 Å². The van der Waals surface area contributed by atoms with Gasteiger partial charge in [0.2, 0.25) is 0 Å². The third kappa shape index (κ3) is 12.3. The molecule has 0 aliphatic carbocycles. The summed E-state index contributed by atoms with van der Waals surface area (Å²) in [4.78, 5) is 0. The zero-order chi connectivity index (χ0) is 11.0. The summed E-state index contributed by atoms with van der Waals surface area (Å²) in [7, 11) is 0. The summed E-state index contributed by atoms with van der Waals surface area (Å²) in [5, 5.41) is 3.51. The van der Waals surface area contributed by atoms with E-state index in [1.54, 1.807) is 0 Å². The van der Waals surface area contributed by atoms with Gasteiger partial charge in [-0.25, -0.2) is 0 Å². The molecule has 1 nitrogen and oxygen atoms in total. The molecule has 0 aliphatic heterocycles. The highest BCUT2D eigenvalue weighted by molar-refractivity contribution is 7.99. The first-order valence-corrected chi connectivity index (χ1v) is 6.90. The van der Waals surface area contributed by atoms with Crippen molar-refractivity contribution in [2.75, 3.05) is 18.1 Å². The molecule has 0 aromatic rings. The van der Waals surface area contributed by atoms with Crippen LogP contribution in [0.5, 0.6) is 0 Å². The topological polar surface area (TPSA) is 12.0 Å². The normalized spacial score (nSPS) is 12.4. The van der Waals surface area contributed by atoms with Gasteiger partial charge in [-0.1, -0.05) is 13.8 Å². The molecule has 0 unspecified atom stereocenters. The lowest BCUT2D eigenvalue weighted by Gasteiger charge is -2.20. The maximum Gasteiger partial charge on any atom is 0.00965 e. The SMILES string of the molecule is CC(C)CSCCCCNC(C)(C)C. The van der Waals surface area contributed by atoms with Gasteiger partial charge in [0, 0.05) is 5.54 Å². The van der Waals surface area contributed by atoms with E-state index < -0.39 is 0 Å². The zero-order valence-electron chi connectivity index (χ0n) is 10.5. The highest BCUT2D eigenvalue weighted by Gasteiger charge is 2.06. The second-order valence-electron chi connectivity index (χ2n) is 5.35. The van der Waals surface area contributed by atoms with Crippen molar-refractivity contribution in [1.29, 1.82) is 0 Å². The van der Waals surface area contributed by atoms with Crippen LogP contribution in [0.1, 0.15) is 47.5 Å².